The number of rotatable bonds is 7. The molecule has 34 heavy (non-hydrogen) atoms. The zero-order chi connectivity index (χ0) is 23.9. The molecule has 0 unspecified atom stereocenters. The van der Waals surface area contributed by atoms with Crippen LogP contribution in [-0.4, -0.2) is 11.7 Å². The second-order valence-electron chi connectivity index (χ2n) is 7.34. The fraction of sp³-hybridized carbons (Fsp3) is 0. The Morgan fingerprint density at radius 1 is 0.765 bits per heavy atom. The van der Waals surface area contributed by atoms with E-state index in [-0.39, 0.29) is 11.7 Å². The molecule has 4 nitrogen and oxygen atoms in total. The van der Waals surface area contributed by atoms with Gasteiger partial charge in [0.25, 0.3) is 0 Å². The van der Waals surface area contributed by atoms with E-state index in [4.69, 9.17) is 27.9 Å². The van der Waals surface area contributed by atoms with E-state index < -0.39 is 0 Å². The third-order valence-electron chi connectivity index (χ3n) is 4.87. The van der Waals surface area contributed by atoms with Crippen molar-refractivity contribution in [3.05, 3.63) is 130 Å². The Morgan fingerprint density at radius 2 is 1.41 bits per heavy atom. The molecule has 1 N–H and O–H groups in total. The molecule has 168 valence electrons. The number of ether oxygens (including phenoxy) is 1. The molecular weight excluding hydrogens is 469 g/mol. The minimum Gasteiger partial charge on any atom is -0.457 e. The van der Waals surface area contributed by atoms with Crippen LogP contribution in [0.3, 0.4) is 0 Å². The van der Waals surface area contributed by atoms with Gasteiger partial charge in [0, 0.05) is 27.4 Å². The first kappa shape index (κ1) is 23.3. The number of nitrogens with one attached hydrogen (secondary N) is 1. The molecule has 0 bridgehead atoms. The Labute approximate surface area is 207 Å². The quantitative estimate of drug-likeness (QED) is 0.215. The Kier molecular flexibility index (Phi) is 7.43. The van der Waals surface area contributed by atoms with Gasteiger partial charge < -0.3 is 10.1 Å². The smallest absolute Gasteiger partial charge is 0.248 e. The van der Waals surface area contributed by atoms with E-state index in [0.717, 1.165) is 5.56 Å². The van der Waals surface area contributed by atoms with Crippen LogP contribution in [0.1, 0.15) is 21.5 Å². The third-order valence-corrected chi connectivity index (χ3v) is 5.37. The number of amides is 1. The topological polar surface area (TPSA) is 55.4 Å². The first-order valence-electron chi connectivity index (χ1n) is 10.4. The Hall–Kier alpha value is -3.86. The molecule has 0 aromatic heterocycles. The minimum atomic E-state index is -0.319. The number of carbonyl (C=O) groups is 2. The highest BCUT2D eigenvalue weighted by atomic mass is 35.5. The van der Waals surface area contributed by atoms with Crippen LogP contribution in [0.2, 0.25) is 10.0 Å². The molecule has 0 spiro atoms. The van der Waals surface area contributed by atoms with Crippen molar-refractivity contribution in [2.75, 3.05) is 5.32 Å². The van der Waals surface area contributed by atoms with E-state index in [0.29, 0.717) is 38.4 Å². The molecule has 0 radical (unpaired) electrons. The highest BCUT2D eigenvalue weighted by Crippen LogP contribution is 2.31. The van der Waals surface area contributed by atoms with Gasteiger partial charge in [0.15, 0.2) is 5.78 Å². The number of halogens is 2. The maximum atomic E-state index is 13.3. The highest BCUT2D eigenvalue weighted by molar-refractivity contribution is 6.31. The molecule has 4 aromatic rings. The predicted molar refractivity (Wildman–Crippen MR) is 137 cm³/mol. The van der Waals surface area contributed by atoms with Gasteiger partial charge in [-0.15, -0.1) is 0 Å². The van der Waals surface area contributed by atoms with Crippen molar-refractivity contribution >= 4 is 46.7 Å². The van der Waals surface area contributed by atoms with Gasteiger partial charge in [0.2, 0.25) is 5.91 Å². The van der Waals surface area contributed by atoms with Crippen LogP contribution in [0, 0.1) is 0 Å². The summed E-state index contributed by atoms with van der Waals surface area (Å²) in [5, 5.41) is 3.90. The van der Waals surface area contributed by atoms with Crippen LogP contribution in [-0.2, 0) is 4.79 Å². The number of hydrogen-bond acceptors (Lipinski definition) is 3. The van der Waals surface area contributed by atoms with Crippen LogP contribution in [0.25, 0.3) is 6.08 Å². The number of anilines is 1. The first-order valence-corrected chi connectivity index (χ1v) is 11.2. The maximum absolute atomic E-state index is 13.3. The van der Waals surface area contributed by atoms with Crippen LogP contribution >= 0.6 is 23.2 Å². The molecule has 6 heteroatoms. The lowest BCUT2D eigenvalue weighted by Gasteiger charge is -2.13. The van der Waals surface area contributed by atoms with Gasteiger partial charge in [0.05, 0.1) is 5.56 Å². The summed E-state index contributed by atoms with van der Waals surface area (Å²) >= 11 is 11.9. The summed E-state index contributed by atoms with van der Waals surface area (Å²) in [5.74, 6) is 0.286. The lowest BCUT2D eigenvalue weighted by atomic mass is 10.0. The predicted octanol–water partition coefficient (Wildman–Crippen LogP) is 7.67. The van der Waals surface area contributed by atoms with E-state index in [1.807, 2.05) is 30.3 Å². The summed E-state index contributed by atoms with van der Waals surface area (Å²) in [6.45, 7) is 0. The van der Waals surface area contributed by atoms with Gasteiger partial charge in [-0.05, 0) is 78.4 Å². The number of benzene rings is 4. The highest BCUT2D eigenvalue weighted by Gasteiger charge is 2.17. The summed E-state index contributed by atoms with van der Waals surface area (Å²) in [6, 6.07) is 27.8. The van der Waals surface area contributed by atoms with Crippen molar-refractivity contribution in [1.29, 1.82) is 0 Å². The second kappa shape index (κ2) is 10.8. The van der Waals surface area contributed by atoms with E-state index in [9.17, 15) is 9.59 Å². The van der Waals surface area contributed by atoms with Crippen molar-refractivity contribution in [2.24, 2.45) is 0 Å². The molecule has 0 aliphatic heterocycles. The zero-order valence-electron chi connectivity index (χ0n) is 17.9. The summed E-state index contributed by atoms with van der Waals surface area (Å²) in [6.07, 6.45) is 3.15. The molecule has 1 amide bonds. The number of ketones is 1. The van der Waals surface area contributed by atoms with Gasteiger partial charge in [0.1, 0.15) is 11.5 Å². The van der Waals surface area contributed by atoms with Crippen LogP contribution in [0.5, 0.6) is 11.5 Å². The van der Waals surface area contributed by atoms with Crippen molar-refractivity contribution in [1.82, 2.24) is 0 Å². The zero-order valence-corrected chi connectivity index (χ0v) is 19.4. The second-order valence-corrected chi connectivity index (χ2v) is 8.21. The standard InChI is InChI=1S/C28H19Cl2NO3/c29-21-9-7-20(8-10-21)28(33)25-18-23(31-27(32)17-6-19-4-2-1-3-5-19)13-16-26(25)34-24-14-11-22(30)12-15-24/h1-18H,(H,31,32). The number of carbonyl (C=O) groups excluding carboxylic acids is 2. The average molecular weight is 488 g/mol. The van der Waals surface area contributed by atoms with Crippen molar-refractivity contribution in [3.8, 4) is 11.5 Å². The molecule has 0 atom stereocenters. The van der Waals surface area contributed by atoms with E-state index in [2.05, 4.69) is 5.32 Å². The maximum Gasteiger partial charge on any atom is 0.248 e. The lowest BCUT2D eigenvalue weighted by Crippen LogP contribution is -2.10. The molecule has 0 saturated carbocycles. The average Bonchev–Trinajstić information content (AvgIpc) is 2.86. The molecule has 0 aliphatic rings. The van der Waals surface area contributed by atoms with Crippen LogP contribution < -0.4 is 10.1 Å². The monoisotopic (exact) mass is 487 g/mol. The fourth-order valence-corrected chi connectivity index (χ4v) is 3.43. The van der Waals surface area contributed by atoms with Crippen molar-refractivity contribution < 1.29 is 14.3 Å². The lowest BCUT2D eigenvalue weighted by molar-refractivity contribution is -0.111. The fourth-order valence-electron chi connectivity index (χ4n) is 3.18. The van der Waals surface area contributed by atoms with Gasteiger partial charge in [-0.25, -0.2) is 0 Å². The van der Waals surface area contributed by atoms with Gasteiger partial charge in [-0.2, -0.15) is 0 Å². The van der Waals surface area contributed by atoms with Gasteiger partial charge in [-0.1, -0.05) is 53.5 Å². The largest absolute Gasteiger partial charge is 0.457 e. The normalized spacial score (nSPS) is 10.8. The van der Waals surface area contributed by atoms with E-state index >= 15 is 0 Å². The molecule has 4 rings (SSSR count). The SMILES string of the molecule is O=C(C=Cc1ccccc1)Nc1ccc(Oc2ccc(Cl)cc2)c(C(=O)c2ccc(Cl)cc2)c1. The van der Waals surface area contributed by atoms with E-state index in [1.165, 1.54) is 6.08 Å². The van der Waals surface area contributed by atoms with Crippen molar-refractivity contribution in [2.45, 2.75) is 0 Å². The number of hydrogen-bond donors (Lipinski definition) is 1. The molecule has 0 fully saturated rings. The molecule has 0 saturated heterocycles. The van der Waals surface area contributed by atoms with Crippen LogP contribution in [0.4, 0.5) is 5.69 Å². The molecule has 4 aromatic carbocycles. The summed E-state index contributed by atoms with van der Waals surface area (Å²) in [5.41, 5.74) is 2.10. The van der Waals surface area contributed by atoms with Gasteiger partial charge in [-0.3, -0.25) is 9.59 Å². The molecular formula is C28H19Cl2NO3. The summed E-state index contributed by atoms with van der Waals surface area (Å²) < 4.78 is 5.96. The Morgan fingerprint density at radius 3 is 2.09 bits per heavy atom. The first-order chi connectivity index (χ1) is 16.5. The van der Waals surface area contributed by atoms with Gasteiger partial charge >= 0.3 is 0 Å². The van der Waals surface area contributed by atoms with E-state index in [1.54, 1.807) is 72.8 Å². The van der Waals surface area contributed by atoms with Crippen molar-refractivity contribution in [3.63, 3.8) is 0 Å². The third kappa shape index (κ3) is 6.13. The summed E-state index contributed by atoms with van der Waals surface area (Å²) in [4.78, 5) is 25.7. The molecule has 0 aliphatic carbocycles. The summed E-state index contributed by atoms with van der Waals surface area (Å²) in [7, 11) is 0. The Bertz CT molecular complexity index is 1330. The minimum absolute atomic E-state index is 0.267. The molecule has 0 heterocycles. The Balaban J connectivity index is 1.62. The van der Waals surface area contributed by atoms with Crippen LogP contribution in [0.15, 0.2) is 103 Å².